The van der Waals surface area contributed by atoms with Gasteiger partial charge in [-0.05, 0) is 37.0 Å². The van der Waals surface area contributed by atoms with Gasteiger partial charge in [0.05, 0.1) is 13.2 Å². The summed E-state index contributed by atoms with van der Waals surface area (Å²) in [6, 6.07) is 7.15. The van der Waals surface area contributed by atoms with E-state index in [1.54, 1.807) is 31.4 Å². The van der Waals surface area contributed by atoms with Gasteiger partial charge in [0.25, 0.3) is 5.91 Å². The van der Waals surface area contributed by atoms with Crippen LogP contribution in [0.25, 0.3) is 0 Å². The van der Waals surface area contributed by atoms with E-state index in [0.29, 0.717) is 38.2 Å². The van der Waals surface area contributed by atoms with Crippen LogP contribution in [0, 0.1) is 5.41 Å². The molecular weight excluding hydrogens is 332 g/mol. The summed E-state index contributed by atoms with van der Waals surface area (Å²) in [7, 11) is 1.65. The summed E-state index contributed by atoms with van der Waals surface area (Å²) in [5.41, 5.74) is 1.46. The van der Waals surface area contributed by atoms with Gasteiger partial charge in [0.15, 0.2) is 0 Å². The molecule has 1 aromatic carbocycles. The van der Waals surface area contributed by atoms with E-state index >= 15 is 0 Å². The van der Waals surface area contributed by atoms with Gasteiger partial charge in [-0.2, -0.15) is 0 Å². The smallest absolute Gasteiger partial charge is 0.253 e. The van der Waals surface area contributed by atoms with E-state index in [1.807, 2.05) is 9.80 Å². The molecule has 6 heteroatoms. The highest BCUT2D eigenvalue weighted by Gasteiger charge is 2.42. The van der Waals surface area contributed by atoms with E-state index in [-0.39, 0.29) is 23.8 Å². The molecular formula is C20H28N2O4. The normalized spacial score (nSPS) is 23.5. The molecule has 0 aromatic heterocycles. The monoisotopic (exact) mass is 360 g/mol. The van der Waals surface area contributed by atoms with Gasteiger partial charge in [-0.3, -0.25) is 9.59 Å². The van der Waals surface area contributed by atoms with Crippen LogP contribution in [0.5, 0.6) is 0 Å². The van der Waals surface area contributed by atoms with Crippen molar-refractivity contribution in [1.29, 1.82) is 0 Å². The molecule has 26 heavy (non-hydrogen) atoms. The number of carbonyl (C=O) groups is 2. The van der Waals surface area contributed by atoms with Crippen molar-refractivity contribution in [3.05, 3.63) is 35.4 Å². The second-order valence-corrected chi connectivity index (χ2v) is 7.49. The molecule has 2 aliphatic rings. The van der Waals surface area contributed by atoms with Crippen LogP contribution in [0.1, 0.15) is 41.6 Å². The van der Waals surface area contributed by atoms with Crippen LogP contribution in [0.3, 0.4) is 0 Å². The molecule has 1 spiro atoms. The fourth-order valence-corrected chi connectivity index (χ4v) is 4.16. The van der Waals surface area contributed by atoms with Gasteiger partial charge >= 0.3 is 0 Å². The predicted octanol–water partition coefficient (Wildman–Crippen LogP) is 1.67. The molecule has 0 aliphatic carbocycles. The zero-order valence-electron chi connectivity index (χ0n) is 15.4. The molecule has 1 unspecified atom stereocenters. The Morgan fingerprint density at radius 2 is 2.00 bits per heavy atom. The number of benzene rings is 1. The molecule has 2 aliphatic heterocycles. The molecule has 0 saturated carbocycles. The number of hydrogen-bond acceptors (Lipinski definition) is 4. The number of aliphatic hydroxyl groups is 1. The standard InChI is InChI=1S/C20H28N2O4/c1-26-12-11-21-14-20(9-7-18(21)24)8-2-10-22(15-20)19(25)17-5-3-16(13-23)4-6-17/h3-6,23H,2,7-15H2,1H3. The molecule has 1 aromatic rings. The van der Waals surface area contributed by atoms with E-state index in [2.05, 4.69) is 0 Å². The van der Waals surface area contributed by atoms with Crippen LogP contribution in [-0.2, 0) is 16.1 Å². The van der Waals surface area contributed by atoms with Crippen molar-refractivity contribution in [1.82, 2.24) is 9.80 Å². The van der Waals surface area contributed by atoms with E-state index in [9.17, 15) is 9.59 Å². The number of rotatable bonds is 5. The summed E-state index contributed by atoms with van der Waals surface area (Å²) in [6.45, 7) is 3.31. The molecule has 2 saturated heterocycles. The summed E-state index contributed by atoms with van der Waals surface area (Å²) in [4.78, 5) is 28.9. The molecule has 2 heterocycles. The van der Waals surface area contributed by atoms with Gasteiger partial charge in [-0.15, -0.1) is 0 Å². The van der Waals surface area contributed by atoms with Gasteiger partial charge in [0.2, 0.25) is 5.91 Å². The first-order valence-electron chi connectivity index (χ1n) is 9.33. The second kappa shape index (κ2) is 8.18. The zero-order valence-corrected chi connectivity index (χ0v) is 15.4. The first kappa shape index (κ1) is 18.9. The Morgan fingerprint density at radius 1 is 1.23 bits per heavy atom. The number of amides is 2. The second-order valence-electron chi connectivity index (χ2n) is 7.49. The van der Waals surface area contributed by atoms with Crippen molar-refractivity contribution in [3.63, 3.8) is 0 Å². The van der Waals surface area contributed by atoms with Crippen molar-refractivity contribution in [2.75, 3.05) is 39.9 Å². The average molecular weight is 360 g/mol. The lowest BCUT2D eigenvalue weighted by atomic mass is 9.73. The number of aliphatic hydroxyl groups excluding tert-OH is 1. The van der Waals surface area contributed by atoms with E-state index < -0.39 is 0 Å². The highest BCUT2D eigenvalue weighted by molar-refractivity contribution is 5.94. The lowest BCUT2D eigenvalue weighted by molar-refractivity contribution is -0.139. The Labute approximate surface area is 154 Å². The van der Waals surface area contributed by atoms with Crippen molar-refractivity contribution in [3.8, 4) is 0 Å². The fraction of sp³-hybridized carbons (Fsp3) is 0.600. The van der Waals surface area contributed by atoms with Crippen LogP contribution < -0.4 is 0 Å². The maximum atomic E-state index is 12.9. The van der Waals surface area contributed by atoms with Crippen LogP contribution in [0.4, 0.5) is 0 Å². The summed E-state index contributed by atoms with van der Waals surface area (Å²) >= 11 is 0. The van der Waals surface area contributed by atoms with Gasteiger partial charge in [-0.1, -0.05) is 12.1 Å². The number of piperidine rings is 2. The van der Waals surface area contributed by atoms with Gasteiger partial charge < -0.3 is 19.6 Å². The Balaban J connectivity index is 1.69. The topological polar surface area (TPSA) is 70.1 Å². The molecule has 1 N–H and O–H groups in total. The van der Waals surface area contributed by atoms with Crippen LogP contribution in [0.15, 0.2) is 24.3 Å². The molecule has 0 radical (unpaired) electrons. The van der Waals surface area contributed by atoms with Crippen LogP contribution in [0.2, 0.25) is 0 Å². The minimum atomic E-state index is -0.0212. The molecule has 1 atom stereocenters. The molecule has 3 rings (SSSR count). The summed E-state index contributed by atoms with van der Waals surface area (Å²) in [5.74, 6) is 0.227. The number of methoxy groups -OCH3 is 1. The van der Waals surface area contributed by atoms with Crippen molar-refractivity contribution >= 4 is 11.8 Å². The van der Waals surface area contributed by atoms with Crippen LogP contribution >= 0.6 is 0 Å². The predicted molar refractivity (Wildman–Crippen MR) is 97.6 cm³/mol. The molecule has 2 fully saturated rings. The Hall–Kier alpha value is -1.92. The maximum absolute atomic E-state index is 12.9. The zero-order chi connectivity index (χ0) is 18.6. The van der Waals surface area contributed by atoms with Gasteiger partial charge in [0.1, 0.15) is 0 Å². The third-order valence-corrected chi connectivity index (χ3v) is 5.65. The summed E-state index contributed by atoms with van der Waals surface area (Å²) in [5, 5.41) is 9.15. The quantitative estimate of drug-likeness (QED) is 0.867. The first-order valence-corrected chi connectivity index (χ1v) is 9.33. The Morgan fingerprint density at radius 3 is 2.69 bits per heavy atom. The third kappa shape index (κ3) is 4.07. The molecule has 0 bridgehead atoms. The highest BCUT2D eigenvalue weighted by atomic mass is 16.5. The van der Waals surface area contributed by atoms with E-state index in [1.165, 1.54) is 0 Å². The summed E-state index contributed by atoms with van der Waals surface area (Å²) < 4.78 is 5.13. The molecule has 2 amide bonds. The number of nitrogens with zero attached hydrogens (tertiary/aromatic N) is 2. The molecule has 6 nitrogen and oxygen atoms in total. The van der Waals surface area contributed by atoms with Crippen LogP contribution in [-0.4, -0.2) is 66.6 Å². The lowest BCUT2D eigenvalue weighted by Gasteiger charge is -2.48. The SMILES string of the molecule is COCCN1CC2(CCCN(C(=O)c3ccc(CO)cc3)C2)CCC1=O. The third-order valence-electron chi connectivity index (χ3n) is 5.65. The number of hydrogen-bond donors (Lipinski definition) is 1. The minimum absolute atomic E-state index is 0.000596. The fourth-order valence-electron chi connectivity index (χ4n) is 4.16. The molecule has 142 valence electrons. The van der Waals surface area contributed by atoms with E-state index in [0.717, 1.165) is 31.4 Å². The summed E-state index contributed by atoms with van der Waals surface area (Å²) in [6.07, 6.45) is 3.42. The van der Waals surface area contributed by atoms with Crippen molar-refractivity contribution in [2.24, 2.45) is 5.41 Å². The van der Waals surface area contributed by atoms with E-state index in [4.69, 9.17) is 9.84 Å². The first-order chi connectivity index (χ1) is 12.6. The largest absolute Gasteiger partial charge is 0.392 e. The lowest BCUT2D eigenvalue weighted by Crippen LogP contribution is -2.55. The van der Waals surface area contributed by atoms with Crippen molar-refractivity contribution in [2.45, 2.75) is 32.3 Å². The Bertz CT molecular complexity index is 646. The number of ether oxygens (including phenoxy) is 1. The minimum Gasteiger partial charge on any atom is -0.392 e. The Kier molecular flexibility index (Phi) is 5.94. The average Bonchev–Trinajstić information content (AvgIpc) is 2.68. The highest BCUT2D eigenvalue weighted by Crippen LogP contribution is 2.39. The van der Waals surface area contributed by atoms with Crippen molar-refractivity contribution < 1.29 is 19.4 Å². The van der Waals surface area contributed by atoms with Gasteiger partial charge in [0, 0.05) is 50.7 Å². The number of carbonyl (C=O) groups excluding carboxylic acids is 2. The maximum Gasteiger partial charge on any atom is 0.253 e. The number of likely N-dealkylation sites (tertiary alicyclic amines) is 2. The van der Waals surface area contributed by atoms with Gasteiger partial charge in [-0.25, -0.2) is 0 Å².